The Morgan fingerprint density at radius 3 is 2.82 bits per heavy atom. The molecule has 2 aromatic rings. The normalized spacial score (nSPS) is 10.2. The van der Waals surface area contributed by atoms with Crippen molar-refractivity contribution < 1.29 is 9.53 Å². The summed E-state index contributed by atoms with van der Waals surface area (Å²) in [7, 11) is 0. The Morgan fingerprint density at radius 1 is 1.35 bits per heavy atom. The van der Waals surface area contributed by atoms with E-state index in [4.69, 9.17) is 10.5 Å². The molecule has 0 aliphatic carbocycles. The first-order valence-corrected chi connectivity index (χ1v) is 5.23. The second-order valence-electron chi connectivity index (χ2n) is 3.46. The van der Waals surface area contributed by atoms with E-state index in [1.54, 1.807) is 6.20 Å². The maximum absolute atomic E-state index is 11.7. The SMILES string of the molecule is NCn1ccnc1C(=O)OCc1ccccc1. The van der Waals surface area contributed by atoms with Gasteiger partial charge in [0.1, 0.15) is 6.61 Å². The number of nitrogens with zero attached hydrogens (tertiary/aromatic N) is 2. The smallest absolute Gasteiger partial charge is 0.374 e. The largest absolute Gasteiger partial charge is 0.455 e. The van der Waals surface area contributed by atoms with Crippen LogP contribution >= 0.6 is 0 Å². The molecule has 1 aromatic heterocycles. The molecule has 1 heterocycles. The van der Waals surface area contributed by atoms with Gasteiger partial charge in [0, 0.05) is 12.4 Å². The lowest BCUT2D eigenvalue weighted by Crippen LogP contribution is -2.16. The average molecular weight is 231 g/mol. The summed E-state index contributed by atoms with van der Waals surface area (Å²) in [5.74, 6) is -0.243. The standard InChI is InChI=1S/C12H13N3O2/c13-9-15-7-6-14-11(15)12(16)17-8-10-4-2-1-3-5-10/h1-7H,8-9,13H2. The Bertz CT molecular complexity index is 493. The fourth-order valence-corrected chi connectivity index (χ4v) is 1.43. The number of nitrogens with two attached hydrogens (primary N) is 1. The van der Waals surface area contributed by atoms with Crippen molar-refractivity contribution >= 4 is 5.97 Å². The summed E-state index contributed by atoms with van der Waals surface area (Å²) in [4.78, 5) is 15.6. The first-order valence-electron chi connectivity index (χ1n) is 5.23. The molecular formula is C12H13N3O2. The minimum Gasteiger partial charge on any atom is -0.455 e. The van der Waals surface area contributed by atoms with E-state index in [0.717, 1.165) is 5.56 Å². The molecule has 2 N–H and O–H groups in total. The molecule has 88 valence electrons. The fraction of sp³-hybridized carbons (Fsp3) is 0.167. The van der Waals surface area contributed by atoms with Crippen molar-refractivity contribution in [2.24, 2.45) is 5.73 Å². The molecule has 17 heavy (non-hydrogen) atoms. The fourth-order valence-electron chi connectivity index (χ4n) is 1.43. The molecule has 0 atom stereocenters. The van der Waals surface area contributed by atoms with Crippen LogP contribution in [0.1, 0.15) is 16.2 Å². The summed E-state index contributed by atoms with van der Waals surface area (Å²) in [6.45, 7) is 0.437. The molecule has 5 nitrogen and oxygen atoms in total. The minimum atomic E-state index is -0.468. The van der Waals surface area contributed by atoms with E-state index in [2.05, 4.69) is 4.98 Å². The molecule has 0 unspecified atom stereocenters. The Hall–Kier alpha value is -2.14. The van der Waals surface area contributed by atoms with Gasteiger partial charge in [0.15, 0.2) is 0 Å². The van der Waals surface area contributed by atoms with E-state index in [9.17, 15) is 4.79 Å². The van der Waals surface area contributed by atoms with Gasteiger partial charge in [0.25, 0.3) is 0 Å². The quantitative estimate of drug-likeness (QED) is 0.801. The zero-order chi connectivity index (χ0) is 12.1. The highest BCUT2D eigenvalue weighted by Crippen LogP contribution is 2.04. The van der Waals surface area contributed by atoms with Crippen LogP contribution in [0.25, 0.3) is 0 Å². The number of hydrogen-bond acceptors (Lipinski definition) is 4. The number of carbonyl (C=O) groups is 1. The van der Waals surface area contributed by atoms with Crippen LogP contribution in [0.2, 0.25) is 0 Å². The van der Waals surface area contributed by atoms with E-state index in [-0.39, 0.29) is 19.1 Å². The van der Waals surface area contributed by atoms with Gasteiger partial charge >= 0.3 is 5.97 Å². The molecule has 0 spiro atoms. The highest BCUT2D eigenvalue weighted by molar-refractivity contribution is 5.85. The number of imidazole rings is 1. The van der Waals surface area contributed by atoms with Gasteiger partial charge in [0.2, 0.25) is 5.82 Å². The van der Waals surface area contributed by atoms with Crippen LogP contribution in [0.5, 0.6) is 0 Å². The number of carbonyl (C=O) groups excluding carboxylic acids is 1. The van der Waals surface area contributed by atoms with Crippen LogP contribution in [0.15, 0.2) is 42.7 Å². The number of rotatable bonds is 4. The second-order valence-corrected chi connectivity index (χ2v) is 3.46. The molecule has 0 saturated carbocycles. The van der Waals surface area contributed by atoms with Crippen LogP contribution in [-0.2, 0) is 18.0 Å². The second kappa shape index (κ2) is 5.27. The zero-order valence-electron chi connectivity index (χ0n) is 9.24. The predicted molar refractivity (Wildman–Crippen MR) is 62.0 cm³/mol. The number of ether oxygens (including phenoxy) is 1. The Balaban J connectivity index is 1.98. The molecule has 0 fully saturated rings. The third-order valence-electron chi connectivity index (χ3n) is 2.31. The Morgan fingerprint density at radius 2 is 2.12 bits per heavy atom. The van der Waals surface area contributed by atoms with Gasteiger partial charge in [-0.15, -0.1) is 0 Å². The molecule has 0 radical (unpaired) electrons. The van der Waals surface area contributed by atoms with Crippen molar-refractivity contribution in [3.05, 3.63) is 54.1 Å². The number of aromatic nitrogens is 2. The van der Waals surface area contributed by atoms with E-state index in [0.29, 0.717) is 0 Å². The molecule has 0 aliphatic heterocycles. The zero-order valence-corrected chi connectivity index (χ0v) is 9.24. The summed E-state index contributed by atoms with van der Waals surface area (Å²) < 4.78 is 6.67. The summed E-state index contributed by atoms with van der Waals surface area (Å²) in [5.41, 5.74) is 6.39. The summed E-state index contributed by atoms with van der Waals surface area (Å²) in [6.07, 6.45) is 3.16. The van der Waals surface area contributed by atoms with Gasteiger partial charge in [-0.05, 0) is 5.56 Å². The van der Waals surface area contributed by atoms with Gasteiger partial charge in [-0.1, -0.05) is 30.3 Å². The van der Waals surface area contributed by atoms with E-state index in [1.807, 2.05) is 30.3 Å². The first kappa shape index (κ1) is 11.3. The van der Waals surface area contributed by atoms with Crippen molar-refractivity contribution in [3.8, 4) is 0 Å². The molecule has 0 saturated heterocycles. The maximum atomic E-state index is 11.7. The van der Waals surface area contributed by atoms with Gasteiger partial charge in [-0.25, -0.2) is 9.78 Å². The van der Waals surface area contributed by atoms with Crippen molar-refractivity contribution in [2.45, 2.75) is 13.3 Å². The molecule has 0 aliphatic rings. The van der Waals surface area contributed by atoms with Crippen LogP contribution in [0.4, 0.5) is 0 Å². The highest BCUT2D eigenvalue weighted by atomic mass is 16.5. The van der Waals surface area contributed by atoms with Gasteiger partial charge in [-0.2, -0.15) is 0 Å². The third kappa shape index (κ3) is 2.70. The number of benzene rings is 1. The van der Waals surface area contributed by atoms with Crippen LogP contribution in [-0.4, -0.2) is 15.5 Å². The molecular weight excluding hydrogens is 218 g/mol. The molecule has 2 rings (SSSR count). The van der Waals surface area contributed by atoms with E-state index in [1.165, 1.54) is 10.8 Å². The van der Waals surface area contributed by atoms with E-state index < -0.39 is 5.97 Å². The Labute approximate surface area is 98.8 Å². The lowest BCUT2D eigenvalue weighted by molar-refractivity contribution is 0.0452. The molecule has 1 aromatic carbocycles. The van der Waals surface area contributed by atoms with Gasteiger partial charge in [0.05, 0.1) is 6.67 Å². The lowest BCUT2D eigenvalue weighted by atomic mass is 10.2. The first-order chi connectivity index (χ1) is 8.31. The van der Waals surface area contributed by atoms with Crippen LogP contribution in [0, 0.1) is 0 Å². The van der Waals surface area contributed by atoms with Gasteiger partial charge in [-0.3, -0.25) is 0 Å². The topological polar surface area (TPSA) is 70.1 Å². The summed E-state index contributed by atoms with van der Waals surface area (Å²) in [5, 5.41) is 0. The number of hydrogen-bond donors (Lipinski definition) is 1. The molecule has 5 heteroatoms. The van der Waals surface area contributed by atoms with Crippen molar-refractivity contribution in [2.75, 3.05) is 0 Å². The third-order valence-corrected chi connectivity index (χ3v) is 2.31. The average Bonchev–Trinajstić information content (AvgIpc) is 2.85. The van der Waals surface area contributed by atoms with Crippen LogP contribution in [0.3, 0.4) is 0 Å². The predicted octanol–water partition coefficient (Wildman–Crippen LogP) is 1.16. The molecule has 0 bridgehead atoms. The summed E-state index contributed by atoms with van der Waals surface area (Å²) >= 11 is 0. The van der Waals surface area contributed by atoms with Crippen molar-refractivity contribution in [1.29, 1.82) is 0 Å². The van der Waals surface area contributed by atoms with Crippen LogP contribution < -0.4 is 5.73 Å². The van der Waals surface area contributed by atoms with Crippen molar-refractivity contribution in [1.82, 2.24) is 9.55 Å². The minimum absolute atomic E-state index is 0.204. The number of esters is 1. The molecule has 0 amide bonds. The lowest BCUT2D eigenvalue weighted by Gasteiger charge is -2.05. The van der Waals surface area contributed by atoms with E-state index >= 15 is 0 Å². The monoisotopic (exact) mass is 231 g/mol. The highest BCUT2D eigenvalue weighted by Gasteiger charge is 2.13. The van der Waals surface area contributed by atoms with Gasteiger partial charge < -0.3 is 15.0 Å². The maximum Gasteiger partial charge on any atom is 0.374 e. The Kier molecular flexibility index (Phi) is 3.52. The van der Waals surface area contributed by atoms with Crippen molar-refractivity contribution in [3.63, 3.8) is 0 Å². The summed E-state index contributed by atoms with van der Waals surface area (Å²) in [6, 6.07) is 9.48.